The number of hydrogen-bond donors (Lipinski definition) is 0. The van der Waals surface area contributed by atoms with Crippen molar-refractivity contribution in [2.75, 3.05) is 13.1 Å². The molecule has 0 saturated carbocycles. The van der Waals surface area contributed by atoms with Crippen molar-refractivity contribution in [3.63, 3.8) is 0 Å². The summed E-state index contributed by atoms with van der Waals surface area (Å²) in [7, 11) is -8.10. The molecule has 0 radical (unpaired) electrons. The lowest BCUT2D eigenvalue weighted by molar-refractivity contribution is 0.308. The zero-order chi connectivity index (χ0) is 18.4. The Morgan fingerprint density at radius 1 is 0.840 bits per heavy atom. The first kappa shape index (κ1) is 17.9. The van der Waals surface area contributed by atoms with Gasteiger partial charge >= 0.3 is 0 Å². The molecular weight excluding hydrogens is 379 g/mol. The summed E-state index contributed by atoms with van der Waals surface area (Å²) in [6.45, 7) is -0.724. The van der Waals surface area contributed by atoms with Gasteiger partial charge in [-0.2, -0.15) is 4.31 Å². The summed E-state index contributed by atoms with van der Waals surface area (Å²) in [6.07, 6.45) is 0. The SMILES string of the molecule is O=S(=O)(c1ccc(F)cc1)C1CN(S(=O)(=O)c2ccc(F)cc2F)C1. The van der Waals surface area contributed by atoms with Crippen molar-refractivity contribution in [3.05, 3.63) is 59.9 Å². The normalized spacial score (nSPS) is 16.6. The van der Waals surface area contributed by atoms with Gasteiger partial charge in [-0.05, 0) is 36.4 Å². The molecule has 134 valence electrons. The molecule has 0 aliphatic carbocycles. The third-order valence-electron chi connectivity index (χ3n) is 3.91. The average Bonchev–Trinajstić information content (AvgIpc) is 2.44. The maximum absolute atomic E-state index is 13.7. The van der Waals surface area contributed by atoms with E-state index in [1.165, 1.54) is 0 Å². The van der Waals surface area contributed by atoms with Crippen molar-refractivity contribution >= 4 is 19.9 Å². The number of sulfone groups is 1. The van der Waals surface area contributed by atoms with Gasteiger partial charge in [0.2, 0.25) is 10.0 Å². The van der Waals surface area contributed by atoms with Crippen molar-refractivity contribution in [3.8, 4) is 0 Å². The molecule has 0 atom stereocenters. The first-order chi connectivity index (χ1) is 11.6. The van der Waals surface area contributed by atoms with E-state index in [0.29, 0.717) is 6.07 Å². The highest BCUT2D eigenvalue weighted by molar-refractivity contribution is 7.92. The lowest BCUT2D eigenvalue weighted by atomic mass is 10.3. The molecule has 0 N–H and O–H groups in total. The van der Waals surface area contributed by atoms with Crippen molar-refractivity contribution in [1.29, 1.82) is 0 Å². The van der Waals surface area contributed by atoms with Gasteiger partial charge in [0.15, 0.2) is 9.84 Å². The Morgan fingerprint density at radius 2 is 1.40 bits per heavy atom. The molecule has 0 unspecified atom stereocenters. The van der Waals surface area contributed by atoms with Gasteiger partial charge in [-0.3, -0.25) is 0 Å². The van der Waals surface area contributed by atoms with Crippen LogP contribution in [0.4, 0.5) is 13.2 Å². The van der Waals surface area contributed by atoms with E-state index in [9.17, 15) is 30.0 Å². The van der Waals surface area contributed by atoms with E-state index in [1.54, 1.807) is 0 Å². The standard InChI is InChI=1S/C15H12F3NO4S2/c16-10-1-4-12(5-2-10)24(20,21)13-8-19(9-13)25(22,23)15-6-3-11(17)7-14(15)18/h1-7,13H,8-9H2. The number of sulfonamides is 1. The summed E-state index contributed by atoms with van der Waals surface area (Å²) < 4.78 is 89.7. The van der Waals surface area contributed by atoms with Gasteiger partial charge < -0.3 is 0 Å². The predicted octanol–water partition coefficient (Wildman–Crippen LogP) is 1.95. The van der Waals surface area contributed by atoms with E-state index in [-0.39, 0.29) is 18.0 Å². The quantitative estimate of drug-likeness (QED) is 0.747. The largest absolute Gasteiger partial charge is 0.246 e. The fourth-order valence-electron chi connectivity index (χ4n) is 2.43. The van der Waals surface area contributed by atoms with Crippen LogP contribution < -0.4 is 0 Å². The number of halogens is 3. The Bertz CT molecular complexity index is 1020. The Kier molecular flexibility index (Phi) is 4.38. The first-order valence-electron chi connectivity index (χ1n) is 7.07. The fraction of sp³-hybridized carbons (Fsp3) is 0.200. The molecule has 1 fully saturated rings. The molecule has 3 rings (SSSR count). The zero-order valence-electron chi connectivity index (χ0n) is 12.6. The highest BCUT2D eigenvalue weighted by Crippen LogP contribution is 2.30. The van der Waals surface area contributed by atoms with Crippen molar-refractivity contribution in [1.82, 2.24) is 4.31 Å². The van der Waals surface area contributed by atoms with Gasteiger partial charge in [0.05, 0.1) is 10.1 Å². The van der Waals surface area contributed by atoms with Crippen molar-refractivity contribution in [2.24, 2.45) is 0 Å². The molecular formula is C15H12F3NO4S2. The Hall–Kier alpha value is -1.91. The molecule has 0 spiro atoms. The van der Waals surface area contributed by atoms with E-state index in [0.717, 1.165) is 40.7 Å². The molecule has 2 aromatic rings. The molecule has 0 bridgehead atoms. The molecule has 1 aliphatic rings. The van der Waals surface area contributed by atoms with Crippen LogP contribution in [-0.4, -0.2) is 39.5 Å². The van der Waals surface area contributed by atoms with Crippen LogP contribution in [0.5, 0.6) is 0 Å². The second-order valence-electron chi connectivity index (χ2n) is 5.52. The first-order valence-corrected chi connectivity index (χ1v) is 10.1. The highest BCUT2D eigenvalue weighted by atomic mass is 32.2. The van der Waals surface area contributed by atoms with E-state index in [4.69, 9.17) is 0 Å². The van der Waals surface area contributed by atoms with Crippen molar-refractivity contribution in [2.45, 2.75) is 15.0 Å². The molecule has 1 aliphatic heterocycles. The van der Waals surface area contributed by atoms with E-state index < -0.39 is 47.5 Å². The van der Waals surface area contributed by atoms with Crippen LogP contribution in [0.3, 0.4) is 0 Å². The molecule has 0 amide bonds. The van der Waals surface area contributed by atoms with E-state index in [1.807, 2.05) is 0 Å². The van der Waals surface area contributed by atoms with Crippen LogP contribution in [0.1, 0.15) is 0 Å². The molecule has 10 heteroatoms. The number of nitrogens with zero attached hydrogens (tertiary/aromatic N) is 1. The van der Waals surface area contributed by atoms with Gasteiger partial charge in [-0.15, -0.1) is 0 Å². The van der Waals surface area contributed by atoms with Crippen LogP contribution in [0, 0.1) is 17.5 Å². The molecule has 0 aromatic heterocycles. The van der Waals surface area contributed by atoms with E-state index >= 15 is 0 Å². The van der Waals surface area contributed by atoms with Crippen molar-refractivity contribution < 1.29 is 30.0 Å². The maximum Gasteiger partial charge on any atom is 0.246 e. The maximum atomic E-state index is 13.7. The minimum Gasteiger partial charge on any atom is -0.223 e. The van der Waals surface area contributed by atoms with Gasteiger partial charge in [0, 0.05) is 19.2 Å². The second kappa shape index (κ2) is 6.11. The minimum absolute atomic E-state index is 0.121. The fourth-order valence-corrected chi connectivity index (χ4v) is 5.85. The van der Waals surface area contributed by atoms with Gasteiger partial charge in [-0.25, -0.2) is 30.0 Å². The molecule has 25 heavy (non-hydrogen) atoms. The lowest BCUT2D eigenvalue weighted by Crippen LogP contribution is -2.56. The van der Waals surface area contributed by atoms with Gasteiger partial charge in [-0.1, -0.05) is 0 Å². The number of hydrogen-bond acceptors (Lipinski definition) is 4. The summed E-state index contributed by atoms with van der Waals surface area (Å²) in [6, 6.07) is 6.23. The number of rotatable bonds is 4. The Morgan fingerprint density at radius 3 is 1.96 bits per heavy atom. The Balaban J connectivity index is 1.80. The summed E-state index contributed by atoms with van der Waals surface area (Å²) in [5.74, 6) is -2.76. The summed E-state index contributed by atoms with van der Waals surface area (Å²) in [4.78, 5) is -0.838. The predicted molar refractivity (Wildman–Crippen MR) is 82.5 cm³/mol. The van der Waals surface area contributed by atoms with Gasteiger partial charge in [0.1, 0.15) is 22.3 Å². The highest BCUT2D eigenvalue weighted by Gasteiger charge is 2.44. The van der Waals surface area contributed by atoms with Gasteiger partial charge in [0.25, 0.3) is 0 Å². The van der Waals surface area contributed by atoms with E-state index in [2.05, 4.69) is 0 Å². The minimum atomic E-state index is -4.26. The van der Waals surface area contributed by atoms with Crippen LogP contribution in [0.2, 0.25) is 0 Å². The average molecular weight is 391 g/mol. The molecule has 5 nitrogen and oxygen atoms in total. The molecule has 1 heterocycles. The number of benzene rings is 2. The summed E-state index contributed by atoms with van der Waals surface area (Å²) in [5, 5.41) is -1.02. The molecule has 1 saturated heterocycles. The second-order valence-corrected chi connectivity index (χ2v) is 9.65. The van der Waals surface area contributed by atoms with Crippen LogP contribution >= 0.6 is 0 Å². The smallest absolute Gasteiger partial charge is 0.223 e. The van der Waals surface area contributed by atoms with Crippen LogP contribution in [0.15, 0.2) is 52.3 Å². The topological polar surface area (TPSA) is 71.5 Å². The van der Waals surface area contributed by atoms with Crippen LogP contribution in [-0.2, 0) is 19.9 Å². The monoisotopic (exact) mass is 391 g/mol. The molecule has 2 aromatic carbocycles. The third-order valence-corrected chi connectivity index (χ3v) is 7.88. The Labute approximate surface area is 142 Å². The summed E-state index contributed by atoms with van der Waals surface area (Å²) in [5.41, 5.74) is 0. The zero-order valence-corrected chi connectivity index (χ0v) is 14.2. The lowest BCUT2D eigenvalue weighted by Gasteiger charge is -2.37. The summed E-state index contributed by atoms with van der Waals surface area (Å²) >= 11 is 0. The third kappa shape index (κ3) is 3.16. The van der Waals surface area contributed by atoms with Crippen LogP contribution in [0.25, 0.3) is 0 Å².